The zero-order chi connectivity index (χ0) is 22.1. The molecule has 0 aliphatic carbocycles. The maximum atomic E-state index is 12.6. The molecule has 31 heavy (non-hydrogen) atoms. The third-order valence-electron chi connectivity index (χ3n) is 5.04. The summed E-state index contributed by atoms with van der Waals surface area (Å²) in [6, 6.07) is 16.2. The van der Waals surface area contributed by atoms with Crippen LogP contribution in [0, 0.1) is 0 Å². The lowest BCUT2D eigenvalue weighted by atomic mass is 10.1. The van der Waals surface area contributed by atoms with Crippen LogP contribution in [0.5, 0.6) is 5.75 Å². The summed E-state index contributed by atoms with van der Waals surface area (Å²) >= 11 is 0. The standard InChI is InChI=1S/C23H28N4O4/c1-26-11-13-27(14-12-26)23(30)19-9-7-18(8-10-19)15-24-21(28)16-25-22(29)17-31-20-5-3-2-4-6-20/h2-10H,11-17H2,1H3,(H,24,28)(H,25,29). The minimum Gasteiger partial charge on any atom is -0.484 e. The lowest BCUT2D eigenvalue weighted by Gasteiger charge is -2.32. The van der Waals surface area contributed by atoms with Crippen molar-refractivity contribution < 1.29 is 19.1 Å². The molecular weight excluding hydrogens is 396 g/mol. The highest BCUT2D eigenvalue weighted by Gasteiger charge is 2.20. The molecule has 8 nitrogen and oxygen atoms in total. The molecule has 2 aromatic carbocycles. The van der Waals surface area contributed by atoms with Crippen LogP contribution in [0.15, 0.2) is 54.6 Å². The second kappa shape index (κ2) is 11.1. The smallest absolute Gasteiger partial charge is 0.258 e. The van der Waals surface area contributed by atoms with E-state index in [1.165, 1.54) is 0 Å². The first kappa shape index (κ1) is 22.3. The Hall–Kier alpha value is -3.39. The molecule has 164 valence electrons. The van der Waals surface area contributed by atoms with Crippen LogP contribution in [0.3, 0.4) is 0 Å². The molecule has 0 aromatic heterocycles. The molecular formula is C23H28N4O4. The highest BCUT2D eigenvalue weighted by atomic mass is 16.5. The monoisotopic (exact) mass is 424 g/mol. The molecule has 0 spiro atoms. The van der Waals surface area contributed by atoms with Crippen LogP contribution in [0.4, 0.5) is 0 Å². The van der Waals surface area contributed by atoms with Crippen molar-refractivity contribution in [1.82, 2.24) is 20.4 Å². The molecule has 1 fully saturated rings. The lowest BCUT2D eigenvalue weighted by molar-refractivity contribution is -0.127. The van der Waals surface area contributed by atoms with E-state index >= 15 is 0 Å². The van der Waals surface area contributed by atoms with Gasteiger partial charge < -0.3 is 25.2 Å². The number of hydrogen-bond acceptors (Lipinski definition) is 5. The first-order valence-electron chi connectivity index (χ1n) is 10.3. The summed E-state index contributed by atoms with van der Waals surface area (Å²) in [5.74, 6) is -0.0443. The number of carbonyl (C=O) groups is 3. The van der Waals surface area contributed by atoms with Gasteiger partial charge in [-0.1, -0.05) is 30.3 Å². The van der Waals surface area contributed by atoms with Crippen LogP contribution >= 0.6 is 0 Å². The number of rotatable bonds is 8. The number of para-hydroxylation sites is 1. The Morgan fingerprint density at radius 1 is 0.871 bits per heavy atom. The minimum atomic E-state index is -0.370. The van der Waals surface area contributed by atoms with Gasteiger partial charge >= 0.3 is 0 Å². The third-order valence-corrected chi connectivity index (χ3v) is 5.04. The van der Waals surface area contributed by atoms with Crippen molar-refractivity contribution in [3.63, 3.8) is 0 Å². The van der Waals surface area contributed by atoms with E-state index in [2.05, 4.69) is 22.6 Å². The molecule has 1 aliphatic rings. The van der Waals surface area contributed by atoms with Crippen LogP contribution in [0.1, 0.15) is 15.9 Å². The van der Waals surface area contributed by atoms with Gasteiger partial charge in [0.2, 0.25) is 5.91 Å². The Morgan fingerprint density at radius 2 is 1.55 bits per heavy atom. The molecule has 1 saturated heterocycles. The molecule has 0 unspecified atom stereocenters. The van der Waals surface area contributed by atoms with Crippen molar-refractivity contribution in [2.24, 2.45) is 0 Å². The van der Waals surface area contributed by atoms with Crippen molar-refractivity contribution in [3.05, 3.63) is 65.7 Å². The van der Waals surface area contributed by atoms with Gasteiger partial charge in [-0.05, 0) is 36.9 Å². The van der Waals surface area contributed by atoms with Crippen LogP contribution in [0.2, 0.25) is 0 Å². The lowest BCUT2D eigenvalue weighted by Crippen LogP contribution is -2.47. The molecule has 1 aliphatic heterocycles. The van der Waals surface area contributed by atoms with Crippen LogP contribution < -0.4 is 15.4 Å². The number of benzene rings is 2. The van der Waals surface area contributed by atoms with E-state index in [1.54, 1.807) is 24.3 Å². The average Bonchev–Trinajstić information content (AvgIpc) is 2.81. The Labute approximate surface area is 182 Å². The van der Waals surface area contributed by atoms with Gasteiger partial charge in [0.15, 0.2) is 6.61 Å². The number of hydrogen-bond donors (Lipinski definition) is 2. The molecule has 0 bridgehead atoms. The largest absolute Gasteiger partial charge is 0.484 e. The van der Waals surface area contributed by atoms with Crippen molar-refractivity contribution in [2.45, 2.75) is 6.54 Å². The summed E-state index contributed by atoms with van der Waals surface area (Å²) in [6.45, 7) is 3.26. The van der Waals surface area contributed by atoms with Crippen LogP contribution in [0.25, 0.3) is 0 Å². The zero-order valence-electron chi connectivity index (χ0n) is 17.7. The maximum Gasteiger partial charge on any atom is 0.258 e. The van der Waals surface area contributed by atoms with Gasteiger partial charge in [0.1, 0.15) is 5.75 Å². The van der Waals surface area contributed by atoms with Crippen LogP contribution in [-0.2, 0) is 16.1 Å². The predicted molar refractivity (Wildman–Crippen MR) is 117 cm³/mol. The first-order valence-corrected chi connectivity index (χ1v) is 10.3. The van der Waals surface area contributed by atoms with Crippen molar-refractivity contribution >= 4 is 17.7 Å². The van der Waals surface area contributed by atoms with Gasteiger partial charge in [0.05, 0.1) is 6.54 Å². The highest BCUT2D eigenvalue weighted by Crippen LogP contribution is 2.10. The number of ether oxygens (including phenoxy) is 1. The normalized spacial score (nSPS) is 14.0. The zero-order valence-corrected chi connectivity index (χ0v) is 17.7. The van der Waals surface area contributed by atoms with Crippen molar-refractivity contribution in [2.75, 3.05) is 46.4 Å². The van der Waals surface area contributed by atoms with Crippen molar-refractivity contribution in [3.8, 4) is 5.75 Å². The number of amides is 3. The van der Waals surface area contributed by atoms with Crippen LogP contribution in [-0.4, -0.2) is 73.9 Å². The maximum absolute atomic E-state index is 12.6. The number of nitrogens with zero attached hydrogens (tertiary/aromatic N) is 2. The van der Waals surface area contributed by atoms with E-state index in [1.807, 2.05) is 35.2 Å². The molecule has 3 rings (SSSR count). The third kappa shape index (κ3) is 7.11. The number of nitrogens with one attached hydrogen (secondary N) is 2. The van der Waals surface area contributed by atoms with E-state index in [0.29, 0.717) is 17.9 Å². The SMILES string of the molecule is CN1CCN(C(=O)c2ccc(CNC(=O)CNC(=O)COc3ccccc3)cc2)CC1. The van der Waals surface area contributed by atoms with Gasteiger partial charge in [0, 0.05) is 38.3 Å². The number of piperazine rings is 1. The summed E-state index contributed by atoms with van der Waals surface area (Å²) in [7, 11) is 2.05. The predicted octanol–water partition coefficient (Wildman–Crippen LogP) is 0.886. The molecule has 3 amide bonds. The number of carbonyl (C=O) groups excluding carboxylic acids is 3. The first-order chi connectivity index (χ1) is 15.0. The Balaban J connectivity index is 1.36. The van der Waals surface area contributed by atoms with E-state index in [0.717, 1.165) is 31.7 Å². The second-order valence-corrected chi connectivity index (χ2v) is 7.45. The summed E-state index contributed by atoms with van der Waals surface area (Å²) in [4.78, 5) is 40.4. The number of likely N-dealkylation sites (N-methyl/N-ethyl adjacent to an activating group) is 1. The van der Waals surface area contributed by atoms with E-state index < -0.39 is 0 Å². The fourth-order valence-electron chi connectivity index (χ4n) is 3.12. The summed E-state index contributed by atoms with van der Waals surface area (Å²) in [5, 5.41) is 5.27. The second-order valence-electron chi connectivity index (χ2n) is 7.45. The Morgan fingerprint density at radius 3 is 2.23 bits per heavy atom. The average molecular weight is 425 g/mol. The van der Waals surface area contributed by atoms with Crippen molar-refractivity contribution in [1.29, 1.82) is 0 Å². The fraction of sp³-hybridized carbons (Fsp3) is 0.348. The molecule has 2 aromatic rings. The highest BCUT2D eigenvalue weighted by molar-refractivity contribution is 5.94. The van der Waals surface area contributed by atoms with E-state index in [4.69, 9.17) is 4.74 Å². The Bertz CT molecular complexity index is 878. The van der Waals surface area contributed by atoms with Gasteiger partial charge in [-0.2, -0.15) is 0 Å². The Kier molecular flexibility index (Phi) is 8.00. The molecule has 0 saturated carbocycles. The van der Waals surface area contributed by atoms with Gasteiger partial charge in [-0.3, -0.25) is 14.4 Å². The van der Waals surface area contributed by atoms with Gasteiger partial charge in [0.25, 0.3) is 11.8 Å². The fourth-order valence-corrected chi connectivity index (χ4v) is 3.12. The van der Waals surface area contributed by atoms with Gasteiger partial charge in [-0.25, -0.2) is 0 Å². The quantitative estimate of drug-likeness (QED) is 0.657. The summed E-state index contributed by atoms with van der Waals surface area (Å²) in [6.07, 6.45) is 0. The molecule has 0 atom stereocenters. The molecule has 8 heteroatoms. The topological polar surface area (TPSA) is 91.0 Å². The van der Waals surface area contributed by atoms with E-state index in [-0.39, 0.29) is 30.9 Å². The van der Waals surface area contributed by atoms with E-state index in [9.17, 15) is 14.4 Å². The minimum absolute atomic E-state index is 0.0316. The molecule has 2 N–H and O–H groups in total. The van der Waals surface area contributed by atoms with Gasteiger partial charge in [-0.15, -0.1) is 0 Å². The summed E-state index contributed by atoms with van der Waals surface area (Å²) < 4.78 is 5.33. The molecule has 0 radical (unpaired) electrons. The molecule has 1 heterocycles. The summed E-state index contributed by atoms with van der Waals surface area (Å²) in [5.41, 5.74) is 1.52.